The Morgan fingerprint density at radius 2 is 1.81 bits per heavy atom. The first-order valence-corrected chi connectivity index (χ1v) is 11.6. The van der Waals surface area contributed by atoms with Crippen molar-refractivity contribution in [2.75, 3.05) is 6.54 Å². The SMILES string of the molecule is CC(C)=NCC12CCC(O)CC1CCC1C3CCC(C(C)O)C3(C)CCC12. The monoisotopic (exact) mass is 375 g/mol. The zero-order valence-electron chi connectivity index (χ0n) is 18.0. The van der Waals surface area contributed by atoms with Crippen LogP contribution in [0.25, 0.3) is 0 Å². The molecule has 0 heterocycles. The summed E-state index contributed by atoms with van der Waals surface area (Å²) in [6.07, 6.45) is 10.6. The zero-order valence-corrected chi connectivity index (χ0v) is 18.0. The molecule has 0 aromatic heterocycles. The smallest absolute Gasteiger partial charge is 0.0545 e. The number of nitrogens with zero attached hydrogens (tertiary/aromatic N) is 1. The van der Waals surface area contributed by atoms with Gasteiger partial charge in [-0.3, -0.25) is 4.99 Å². The van der Waals surface area contributed by atoms with Crippen LogP contribution in [-0.4, -0.2) is 34.7 Å². The number of hydrogen-bond donors (Lipinski definition) is 2. The fraction of sp³-hybridized carbons (Fsp3) is 0.958. The maximum atomic E-state index is 10.4. The summed E-state index contributed by atoms with van der Waals surface area (Å²) >= 11 is 0. The molecule has 4 saturated carbocycles. The molecule has 0 bridgehead atoms. The molecule has 4 rings (SSSR count). The fourth-order valence-electron chi connectivity index (χ4n) is 8.48. The number of hydrogen-bond acceptors (Lipinski definition) is 3. The molecule has 3 nitrogen and oxygen atoms in total. The summed E-state index contributed by atoms with van der Waals surface area (Å²) in [6.45, 7) is 9.76. The van der Waals surface area contributed by atoms with Gasteiger partial charge in [0.2, 0.25) is 0 Å². The maximum Gasteiger partial charge on any atom is 0.0545 e. The molecule has 0 aliphatic heterocycles. The van der Waals surface area contributed by atoms with Crippen molar-refractivity contribution in [1.29, 1.82) is 0 Å². The van der Waals surface area contributed by atoms with Gasteiger partial charge < -0.3 is 10.2 Å². The van der Waals surface area contributed by atoms with Gasteiger partial charge in [-0.05, 0) is 119 Å². The van der Waals surface area contributed by atoms with Crippen molar-refractivity contribution in [3.63, 3.8) is 0 Å². The van der Waals surface area contributed by atoms with Crippen LogP contribution in [0.5, 0.6) is 0 Å². The second kappa shape index (κ2) is 7.13. The highest BCUT2D eigenvalue weighted by Crippen LogP contribution is 2.67. The predicted molar refractivity (Wildman–Crippen MR) is 111 cm³/mol. The Bertz CT molecular complexity index is 583. The van der Waals surface area contributed by atoms with E-state index in [1.807, 2.05) is 6.92 Å². The van der Waals surface area contributed by atoms with Crippen molar-refractivity contribution >= 4 is 5.71 Å². The van der Waals surface area contributed by atoms with E-state index >= 15 is 0 Å². The molecule has 2 N–H and O–H groups in total. The number of aliphatic hydroxyl groups excluding tert-OH is 2. The summed E-state index contributed by atoms with van der Waals surface area (Å²) < 4.78 is 0. The van der Waals surface area contributed by atoms with Gasteiger partial charge >= 0.3 is 0 Å². The number of aliphatic hydroxyl groups is 2. The highest BCUT2D eigenvalue weighted by Gasteiger charge is 2.61. The van der Waals surface area contributed by atoms with E-state index in [-0.39, 0.29) is 12.2 Å². The number of fused-ring (bicyclic) bond motifs is 5. The molecular weight excluding hydrogens is 334 g/mol. The number of rotatable bonds is 3. The lowest BCUT2D eigenvalue weighted by Crippen LogP contribution is -2.56. The van der Waals surface area contributed by atoms with Crippen molar-refractivity contribution < 1.29 is 10.2 Å². The Morgan fingerprint density at radius 1 is 1.04 bits per heavy atom. The van der Waals surface area contributed by atoms with Crippen LogP contribution in [0.1, 0.15) is 85.5 Å². The molecule has 0 radical (unpaired) electrons. The van der Waals surface area contributed by atoms with Gasteiger partial charge in [0.05, 0.1) is 12.2 Å². The molecule has 27 heavy (non-hydrogen) atoms. The highest BCUT2D eigenvalue weighted by atomic mass is 16.3. The number of aliphatic imine (C=N–C) groups is 1. The Kier molecular flexibility index (Phi) is 5.25. The van der Waals surface area contributed by atoms with Crippen LogP contribution < -0.4 is 0 Å². The molecular formula is C24H41NO2. The molecule has 4 aliphatic carbocycles. The molecule has 9 unspecified atom stereocenters. The molecule has 4 fully saturated rings. The van der Waals surface area contributed by atoms with Crippen LogP contribution >= 0.6 is 0 Å². The maximum absolute atomic E-state index is 10.4. The summed E-state index contributed by atoms with van der Waals surface area (Å²) in [5.74, 6) is 3.52. The van der Waals surface area contributed by atoms with E-state index in [0.717, 1.165) is 37.1 Å². The van der Waals surface area contributed by atoms with Gasteiger partial charge in [-0.25, -0.2) is 0 Å². The van der Waals surface area contributed by atoms with Crippen LogP contribution in [-0.2, 0) is 0 Å². The zero-order chi connectivity index (χ0) is 19.4. The van der Waals surface area contributed by atoms with Gasteiger partial charge in [-0.1, -0.05) is 6.92 Å². The lowest BCUT2D eigenvalue weighted by Gasteiger charge is -2.61. The van der Waals surface area contributed by atoms with Gasteiger partial charge in [-0.15, -0.1) is 0 Å². The van der Waals surface area contributed by atoms with Crippen molar-refractivity contribution in [3.05, 3.63) is 0 Å². The van der Waals surface area contributed by atoms with Crippen molar-refractivity contribution in [1.82, 2.24) is 0 Å². The molecule has 4 aliphatic rings. The van der Waals surface area contributed by atoms with E-state index in [1.165, 1.54) is 50.7 Å². The second-order valence-corrected chi connectivity index (χ2v) is 11.0. The third kappa shape index (κ3) is 3.12. The lowest BCUT2D eigenvalue weighted by atomic mass is 9.44. The quantitative estimate of drug-likeness (QED) is 0.693. The third-order valence-electron chi connectivity index (χ3n) is 9.68. The molecule has 154 valence electrons. The largest absolute Gasteiger partial charge is 0.393 e. The molecule has 0 aromatic rings. The van der Waals surface area contributed by atoms with Gasteiger partial charge in [0.25, 0.3) is 0 Å². The van der Waals surface area contributed by atoms with E-state index in [9.17, 15) is 10.2 Å². The van der Waals surface area contributed by atoms with E-state index in [1.54, 1.807) is 0 Å². The van der Waals surface area contributed by atoms with Gasteiger partial charge in [0.1, 0.15) is 0 Å². The minimum Gasteiger partial charge on any atom is -0.393 e. The normalized spacial score (nSPS) is 50.3. The first-order valence-electron chi connectivity index (χ1n) is 11.6. The second-order valence-electron chi connectivity index (χ2n) is 11.0. The van der Waals surface area contributed by atoms with Crippen LogP contribution in [0.3, 0.4) is 0 Å². The third-order valence-corrected chi connectivity index (χ3v) is 9.68. The van der Waals surface area contributed by atoms with E-state index in [4.69, 9.17) is 4.99 Å². The summed E-state index contributed by atoms with van der Waals surface area (Å²) in [5, 5.41) is 20.8. The first-order chi connectivity index (χ1) is 12.8. The van der Waals surface area contributed by atoms with Crippen LogP contribution in [0.2, 0.25) is 0 Å². The molecule has 9 atom stereocenters. The molecule has 0 saturated heterocycles. The summed E-state index contributed by atoms with van der Waals surface area (Å²) in [7, 11) is 0. The lowest BCUT2D eigenvalue weighted by molar-refractivity contribution is -0.135. The van der Waals surface area contributed by atoms with Gasteiger partial charge in [-0.2, -0.15) is 0 Å². The Balaban J connectivity index is 1.65. The average molecular weight is 376 g/mol. The minimum atomic E-state index is -0.168. The van der Waals surface area contributed by atoms with Gasteiger partial charge in [0.15, 0.2) is 0 Å². The summed E-state index contributed by atoms with van der Waals surface area (Å²) in [4.78, 5) is 4.98. The van der Waals surface area contributed by atoms with Crippen molar-refractivity contribution in [2.45, 2.75) is 97.7 Å². The van der Waals surface area contributed by atoms with Gasteiger partial charge in [0, 0.05) is 12.3 Å². The first kappa shape index (κ1) is 19.9. The summed E-state index contributed by atoms with van der Waals surface area (Å²) in [6, 6.07) is 0. The standard InChI is InChI=1S/C24H41NO2/c1-15(2)25-14-24-12-9-18(27)13-17(24)5-6-19-21-8-7-20(16(3)26)23(21,4)11-10-22(19)24/h16-22,26-27H,5-14H2,1-4H3. The Morgan fingerprint density at radius 3 is 2.52 bits per heavy atom. The molecule has 0 amide bonds. The fourth-order valence-corrected chi connectivity index (χ4v) is 8.48. The molecule has 0 spiro atoms. The Labute approximate surface area is 166 Å². The van der Waals surface area contributed by atoms with E-state index in [0.29, 0.717) is 22.7 Å². The molecule has 0 aromatic carbocycles. The van der Waals surface area contributed by atoms with E-state index < -0.39 is 0 Å². The van der Waals surface area contributed by atoms with Crippen molar-refractivity contribution in [3.8, 4) is 0 Å². The van der Waals surface area contributed by atoms with E-state index in [2.05, 4.69) is 20.8 Å². The Hall–Kier alpha value is -0.410. The predicted octanol–water partition coefficient (Wildman–Crippen LogP) is 4.85. The van der Waals surface area contributed by atoms with Crippen LogP contribution in [0, 0.1) is 40.4 Å². The van der Waals surface area contributed by atoms with Crippen LogP contribution in [0.15, 0.2) is 4.99 Å². The minimum absolute atomic E-state index is 0.0914. The topological polar surface area (TPSA) is 52.8 Å². The summed E-state index contributed by atoms with van der Waals surface area (Å²) in [5.41, 5.74) is 1.86. The average Bonchev–Trinajstić information content (AvgIpc) is 2.97. The highest BCUT2D eigenvalue weighted by molar-refractivity contribution is 5.79. The van der Waals surface area contributed by atoms with Crippen molar-refractivity contribution in [2.24, 2.45) is 45.4 Å². The molecule has 3 heteroatoms. The van der Waals surface area contributed by atoms with Crippen LogP contribution in [0.4, 0.5) is 0 Å².